The predicted octanol–water partition coefficient (Wildman–Crippen LogP) is 0.317. The van der Waals surface area contributed by atoms with Crippen LogP contribution in [0.2, 0.25) is 0 Å². The number of β-lactam (4-membered cyclic amide) rings is 1. The Kier molecular flexibility index (Phi) is 8.29. The third-order valence-corrected chi connectivity index (χ3v) is 5.59. The van der Waals surface area contributed by atoms with Gasteiger partial charge in [0.05, 0.1) is 10.9 Å². The van der Waals surface area contributed by atoms with Crippen LogP contribution < -0.4 is 21.7 Å². The summed E-state index contributed by atoms with van der Waals surface area (Å²) in [5.74, 6) is 0.364. The molecule has 11 nitrogen and oxygen atoms in total. The van der Waals surface area contributed by atoms with Gasteiger partial charge in [-0.1, -0.05) is 16.5 Å². The summed E-state index contributed by atoms with van der Waals surface area (Å²) in [5, 5.41) is 12.1. The van der Waals surface area contributed by atoms with E-state index in [1.807, 2.05) is 0 Å². The Morgan fingerprint density at radius 1 is 1.43 bits per heavy atom. The van der Waals surface area contributed by atoms with E-state index in [2.05, 4.69) is 26.1 Å². The van der Waals surface area contributed by atoms with Gasteiger partial charge in [-0.15, -0.1) is 0 Å². The SMILES string of the molecule is CO/N=C(\C(=O)NC1C(=O)N[C@H]1CSCCNC(=O)OC(C)(C)C)c1cnc(N)s1. The zero-order valence-electron chi connectivity index (χ0n) is 17.2. The van der Waals surface area contributed by atoms with Crippen molar-refractivity contribution in [3.05, 3.63) is 11.1 Å². The lowest BCUT2D eigenvalue weighted by atomic mass is 10.0. The number of ether oxygens (including phenoxy) is 1. The number of nitrogens with two attached hydrogens (primary N) is 1. The lowest BCUT2D eigenvalue weighted by Crippen LogP contribution is -2.70. The molecule has 1 unspecified atom stereocenters. The van der Waals surface area contributed by atoms with Crippen molar-refractivity contribution >= 4 is 51.8 Å². The van der Waals surface area contributed by atoms with E-state index >= 15 is 0 Å². The molecule has 5 N–H and O–H groups in total. The maximum absolute atomic E-state index is 12.6. The van der Waals surface area contributed by atoms with Gasteiger partial charge in [-0.25, -0.2) is 9.78 Å². The lowest BCUT2D eigenvalue weighted by Gasteiger charge is -2.36. The zero-order chi connectivity index (χ0) is 22.3. The average molecular weight is 459 g/mol. The Labute approximate surface area is 182 Å². The molecule has 3 amide bonds. The third-order valence-electron chi connectivity index (χ3n) is 3.67. The smallest absolute Gasteiger partial charge is 0.407 e. The summed E-state index contributed by atoms with van der Waals surface area (Å²) >= 11 is 2.62. The van der Waals surface area contributed by atoms with E-state index in [1.54, 1.807) is 20.8 Å². The highest BCUT2D eigenvalue weighted by atomic mass is 32.2. The first-order chi connectivity index (χ1) is 14.1. The number of hydrogen-bond acceptors (Lipinski definition) is 10. The quantitative estimate of drug-likeness (QED) is 0.178. The number of thioether (sulfide) groups is 1. The highest BCUT2D eigenvalue weighted by molar-refractivity contribution is 7.99. The summed E-state index contributed by atoms with van der Waals surface area (Å²) in [5.41, 5.74) is 5.06. The molecule has 1 aromatic rings. The largest absolute Gasteiger partial charge is 0.444 e. The molecule has 0 radical (unpaired) electrons. The van der Waals surface area contributed by atoms with E-state index in [4.69, 9.17) is 15.3 Å². The monoisotopic (exact) mass is 458 g/mol. The minimum absolute atomic E-state index is 0.000589. The molecule has 2 rings (SSSR count). The van der Waals surface area contributed by atoms with Crippen molar-refractivity contribution in [2.75, 3.05) is 30.9 Å². The average Bonchev–Trinajstić information content (AvgIpc) is 3.07. The summed E-state index contributed by atoms with van der Waals surface area (Å²) in [4.78, 5) is 45.1. The molecule has 30 heavy (non-hydrogen) atoms. The van der Waals surface area contributed by atoms with Gasteiger partial charge in [-0.2, -0.15) is 11.8 Å². The van der Waals surface area contributed by atoms with Crippen LogP contribution >= 0.6 is 23.1 Å². The molecule has 0 spiro atoms. The van der Waals surface area contributed by atoms with Crippen LogP contribution in [-0.2, 0) is 19.2 Å². The zero-order valence-corrected chi connectivity index (χ0v) is 18.8. The first-order valence-corrected chi connectivity index (χ1v) is 11.1. The molecule has 166 valence electrons. The standard InChI is InChI=1S/C17H26N6O5S2/c1-17(2,3)28-16(26)19-5-6-29-8-9-11(13(24)21-9)22-14(25)12(23-27-4)10-7-20-15(18)30-10/h7,9,11H,5-6,8H2,1-4H3,(H2,18,20)(H,19,26)(H,21,24)(H,22,25)/b23-12-/t9-,11?/m0/s1. The second kappa shape index (κ2) is 10.5. The number of rotatable bonds is 9. The maximum atomic E-state index is 12.6. The molecule has 1 aliphatic rings. The maximum Gasteiger partial charge on any atom is 0.407 e. The molecule has 2 atom stereocenters. The van der Waals surface area contributed by atoms with E-state index in [9.17, 15) is 14.4 Å². The second-order valence-corrected chi connectivity index (χ2v) is 9.47. The topological polar surface area (TPSA) is 157 Å². The molecule has 1 aliphatic heterocycles. The Hall–Kier alpha value is -2.54. The number of amides is 3. The fourth-order valence-corrected chi connectivity index (χ4v) is 4.00. The minimum atomic E-state index is -0.684. The number of nitrogen functional groups attached to an aromatic ring is 1. The van der Waals surface area contributed by atoms with Gasteiger partial charge in [0.1, 0.15) is 18.8 Å². The Balaban J connectivity index is 1.78. The third kappa shape index (κ3) is 7.06. The van der Waals surface area contributed by atoms with Gasteiger partial charge in [0.2, 0.25) is 5.91 Å². The number of carbonyl (C=O) groups excluding carboxylic acids is 3. The summed E-state index contributed by atoms with van der Waals surface area (Å²) < 4.78 is 5.16. The number of hydrogen-bond donors (Lipinski definition) is 4. The van der Waals surface area contributed by atoms with Crippen LogP contribution in [0.15, 0.2) is 11.4 Å². The molecule has 0 bridgehead atoms. The van der Waals surface area contributed by atoms with Crippen LogP contribution in [0, 0.1) is 0 Å². The van der Waals surface area contributed by atoms with Crippen LogP contribution in [0.1, 0.15) is 25.6 Å². The number of aromatic nitrogens is 1. The lowest BCUT2D eigenvalue weighted by molar-refractivity contribution is -0.134. The summed E-state index contributed by atoms with van der Waals surface area (Å²) in [6, 6.07) is -0.917. The molecule has 0 aliphatic carbocycles. The Morgan fingerprint density at radius 2 is 2.17 bits per heavy atom. The molecular formula is C17H26N6O5S2. The van der Waals surface area contributed by atoms with Crippen molar-refractivity contribution in [1.82, 2.24) is 20.9 Å². The van der Waals surface area contributed by atoms with Gasteiger partial charge in [0.25, 0.3) is 5.91 Å². The van der Waals surface area contributed by atoms with Crippen molar-refractivity contribution in [1.29, 1.82) is 0 Å². The molecular weight excluding hydrogens is 432 g/mol. The summed E-state index contributed by atoms with van der Waals surface area (Å²) in [6.07, 6.45) is 0.947. The van der Waals surface area contributed by atoms with Gasteiger partial charge >= 0.3 is 6.09 Å². The number of alkyl carbamates (subject to hydrolysis) is 1. The summed E-state index contributed by atoms with van der Waals surface area (Å²) in [6.45, 7) is 5.81. The first-order valence-electron chi connectivity index (χ1n) is 9.09. The van der Waals surface area contributed by atoms with E-state index < -0.39 is 23.6 Å². The number of nitrogens with one attached hydrogen (secondary N) is 3. The van der Waals surface area contributed by atoms with Crippen molar-refractivity contribution in [2.45, 2.75) is 38.5 Å². The Morgan fingerprint density at radius 3 is 2.73 bits per heavy atom. The van der Waals surface area contributed by atoms with Crippen molar-refractivity contribution in [3.8, 4) is 0 Å². The molecule has 0 saturated carbocycles. The van der Waals surface area contributed by atoms with E-state index in [0.29, 0.717) is 22.9 Å². The summed E-state index contributed by atoms with van der Waals surface area (Å²) in [7, 11) is 1.32. The van der Waals surface area contributed by atoms with E-state index in [0.717, 1.165) is 11.3 Å². The first kappa shape index (κ1) is 23.7. The molecule has 1 saturated heterocycles. The number of oxime groups is 1. The van der Waals surface area contributed by atoms with Crippen LogP contribution in [0.3, 0.4) is 0 Å². The van der Waals surface area contributed by atoms with Gasteiger partial charge in [0.15, 0.2) is 10.8 Å². The van der Waals surface area contributed by atoms with Crippen LogP contribution in [0.25, 0.3) is 0 Å². The highest BCUT2D eigenvalue weighted by Gasteiger charge is 2.41. The number of anilines is 1. The Bertz CT molecular complexity index is 807. The van der Waals surface area contributed by atoms with E-state index in [1.165, 1.54) is 25.1 Å². The van der Waals surface area contributed by atoms with Crippen LogP contribution in [0.4, 0.5) is 9.93 Å². The number of thiazole rings is 1. The number of carbonyl (C=O) groups is 3. The number of nitrogens with zero attached hydrogens (tertiary/aromatic N) is 2. The second-order valence-electron chi connectivity index (χ2n) is 7.26. The fraction of sp³-hybridized carbons (Fsp3) is 0.588. The highest BCUT2D eigenvalue weighted by Crippen LogP contribution is 2.17. The molecule has 1 fully saturated rings. The molecule has 2 heterocycles. The van der Waals surface area contributed by atoms with Crippen molar-refractivity contribution in [2.24, 2.45) is 5.16 Å². The normalized spacial score (nSPS) is 18.8. The molecule has 13 heteroatoms. The minimum Gasteiger partial charge on any atom is -0.444 e. The van der Waals surface area contributed by atoms with Crippen LogP contribution in [-0.4, -0.2) is 71.4 Å². The molecule has 0 aromatic carbocycles. The van der Waals surface area contributed by atoms with Gasteiger partial charge in [0, 0.05) is 24.2 Å². The fourth-order valence-electron chi connectivity index (χ4n) is 2.39. The van der Waals surface area contributed by atoms with Crippen LogP contribution in [0.5, 0.6) is 0 Å². The van der Waals surface area contributed by atoms with Crippen molar-refractivity contribution < 1.29 is 24.0 Å². The van der Waals surface area contributed by atoms with Gasteiger partial charge in [-0.3, -0.25) is 9.59 Å². The van der Waals surface area contributed by atoms with Gasteiger partial charge < -0.3 is 31.3 Å². The molecule has 1 aromatic heterocycles. The van der Waals surface area contributed by atoms with Gasteiger partial charge in [-0.05, 0) is 20.8 Å². The van der Waals surface area contributed by atoms with E-state index in [-0.39, 0.29) is 22.8 Å². The predicted molar refractivity (Wildman–Crippen MR) is 115 cm³/mol. The van der Waals surface area contributed by atoms with Crippen molar-refractivity contribution in [3.63, 3.8) is 0 Å².